The highest BCUT2D eigenvalue weighted by atomic mass is 16.5. The predicted molar refractivity (Wildman–Crippen MR) is 80.5 cm³/mol. The lowest BCUT2D eigenvalue weighted by Gasteiger charge is -2.45. The van der Waals surface area contributed by atoms with Gasteiger partial charge in [0, 0.05) is 26.2 Å². The second-order valence-electron chi connectivity index (χ2n) is 5.82. The second kappa shape index (κ2) is 6.55. The Morgan fingerprint density at radius 1 is 1.55 bits per heavy atom. The molecule has 0 radical (unpaired) electrons. The standard InChI is InChI=1S/C16H26N2O2/c1-4-14(5-2)6-9-18-10-7-16(8-11-18)12-17-15(19)13(3)20-16/h4-5,13H,1,6-12H2,2-3H3,(H,17,19)/b14-5+. The molecule has 0 aromatic heterocycles. The molecule has 1 unspecified atom stereocenters. The number of nitrogens with one attached hydrogen (secondary N) is 1. The lowest BCUT2D eigenvalue weighted by atomic mass is 9.89. The fourth-order valence-corrected chi connectivity index (χ4v) is 2.99. The number of morpholine rings is 1. The molecule has 2 aliphatic rings. The number of ether oxygens (including phenoxy) is 1. The number of hydrogen-bond donors (Lipinski definition) is 1. The summed E-state index contributed by atoms with van der Waals surface area (Å²) in [6, 6.07) is 0. The van der Waals surface area contributed by atoms with Gasteiger partial charge in [0.1, 0.15) is 6.10 Å². The van der Waals surface area contributed by atoms with Gasteiger partial charge in [0.05, 0.1) is 5.60 Å². The van der Waals surface area contributed by atoms with E-state index in [0.717, 1.165) is 38.9 Å². The SMILES string of the molecule is C=C/C(=C\C)CCN1CCC2(CC1)CNC(=O)C(C)O2. The fourth-order valence-electron chi connectivity index (χ4n) is 2.99. The number of allylic oxidation sites excluding steroid dienone is 2. The van der Waals surface area contributed by atoms with Crippen molar-refractivity contribution in [3.8, 4) is 0 Å². The molecule has 1 N–H and O–H groups in total. The van der Waals surface area contributed by atoms with E-state index in [4.69, 9.17) is 4.74 Å². The van der Waals surface area contributed by atoms with Crippen molar-refractivity contribution in [2.75, 3.05) is 26.2 Å². The Kier molecular flexibility index (Phi) is 5.00. The maximum atomic E-state index is 11.5. The van der Waals surface area contributed by atoms with Crippen LogP contribution in [0.25, 0.3) is 0 Å². The van der Waals surface area contributed by atoms with Gasteiger partial charge >= 0.3 is 0 Å². The summed E-state index contributed by atoms with van der Waals surface area (Å²) < 4.78 is 5.98. The summed E-state index contributed by atoms with van der Waals surface area (Å²) in [6.45, 7) is 11.5. The molecule has 0 bridgehead atoms. The van der Waals surface area contributed by atoms with Gasteiger partial charge in [-0.25, -0.2) is 0 Å². The summed E-state index contributed by atoms with van der Waals surface area (Å²) >= 11 is 0. The number of carbonyl (C=O) groups is 1. The van der Waals surface area contributed by atoms with Crippen LogP contribution in [0.4, 0.5) is 0 Å². The molecule has 0 aliphatic carbocycles. The Balaban J connectivity index is 1.80. The summed E-state index contributed by atoms with van der Waals surface area (Å²) in [6.07, 6.45) is 6.80. The third-order valence-corrected chi connectivity index (χ3v) is 4.50. The van der Waals surface area contributed by atoms with Gasteiger partial charge in [-0.3, -0.25) is 4.79 Å². The fraction of sp³-hybridized carbons (Fsp3) is 0.688. The number of likely N-dealkylation sites (tertiary alicyclic amines) is 1. The molecule has 2 rings (SSSR count). The molecule has 2 fully saturated rings. The number of amides is 1. The molecule has 20 heavy (non-hydrogen) atoms. The minimum atomic E-state index is -0.314. The minimum Gasteiger partial charge on any atom is -0.360 e. The largest absolute Gasteiger partial charge is 0.360 e. The normalized spacial score (nSPS) is 27.4. The highest BCUT2D eigenvalue weighted by molar-refractivity contribution is 5.81. The van der Waals surface area contributed by atoms with Crippen molar-refractivity contribution in [3.05, 3.63) is 24.3 Å². The van der Waals surface area contributed by atoms with Gasteiger partial charge in [-0.05, 0) is 33.1 Å². The average molecular weight is 278 g/mol. The van der Waals surface area contributed by atoms with Crippen LogP contribution in [-0.4, -0.2) is 48.7 Å². The number of hydrogen-bond acceptors (Lipinski definition) is 3. The first-order valence-electron chi connectivity index (χ1n) is 7.54. The maximum absolute atomic E-state index is 11.5. The topological polar surface area (TPSA) is 41.6 Å². The van der Waals surface area contributed by atoms with Crippen LogP contribution in [0, 0.1) is 0 Å². The molecular weight excluding hydrogens is 252 g/mol. The Hall–Kier alpha value is -1.13. The Labute approximate surface area is 121 Å². The van der Waals surface area contributed by atoms with Gasteiger partial charge in [-0.1, -0.05) is 24.3 Å². The van der Waals surface area contributed by atoms with Crippen LogP contribution in [0.5, 0.6) is 0 Å². The first-order chi connectivity index (χ1) is 9.58. The van der Waals surface area contributed by atoms with Gasteiger partial charge in [0.2, 0.25) is 5.91 Å². The summed E-state index contributed by atoms with van der Waals surface area (Å²) in [7, 11) is 0. The zero-order valence-electron chi connectivity index (χ0n) is 12.7. The van der Waals surface area contributed by atoms with Crippen LogP contribution < -0.4 is 5.32 Å². The quantitative estimate of drug-likeness (QED) is 0.798. The van der Waals surface area contributed by atoms with Crippen molar-refractivity contribution < 1.29 is 9.53 Å². The molecule has 2 aliphatic heterocycles. The second-order valence-corrected chi connectivity index (χ2v) is 5.82. The number of piperidine rings is 1. The Morgan fingerprint density at radius 3 is 2.80 bits per heavy atom. The van der Waals surface area contributed by atoms with E-state index < -0.39 is 0 Å². The summed E-state index contributed by atoms with van der Waals surface area (Å²) in [5, 5.41) is 2.97. The van der Waals surface area contributed by atoms with Gasteiger partial charge in [-0.2, -0.15) is 0 Å². The molecule has 0 aromatic rings. The molecule has 2 heterocycles. The van der Waals surface area contributed by atoms with Gasteiger partial charge in [0.15, 0.2) is 0 Å². The summed E-state index contributed by atoms with van der Waals surface area (Å²) in [5.74, 6) is 0.0155. The molecule has 112 valence electrons. The van der Waals surface area contributed by atoms with Crippen LogP contribution >= 0.6 is 0 Å². The van der Waals surface area contributed by atoms with E-state index in [0.29, 0.717) is 6.54 Å². The van der Waals surface area contributed by atoms with Crippen LogP contribution in [0.3, 0.4) is 0 Å². The molecule has 0 saturated carbocycles. The lowest BCUT2D eigenvalue weighted by molar-refractivity contribution is -0.167. The van der Waals surface area contributed by atoms with E-state index in [1.54, 1.807) is 0 Å². The van der Waals surface area contributed by atoms with E-state index in [1.165, 1.54) is 5.57 Å². The van der Waals surface area contributed by atoms with E-state index in [1.807, 2.05) is 13.0 Å². The first kappa shape index (κ1) is 15.3. The van der Waals surface area contributed by atoms with Crippen molar-refractivity contribution in [2.24, 2.45) is 0 Å². The molecule has 2 saturated heterocycles. The molecular formula is C16H26N2O2. The van der Waals surface area contributed by atoms with Gasteiger partial charge in [-0.15, -0.1) is 0 Å². The van der Waals surface area contributed by atoms with Crippen LogP contribution in [0.15, 0.2) is 24.3 Å². The third kappa shape index (κ3) is 3.49. The zero-order valence-corrected chi connectivity index (χ0v) is 12.7. The zero-order chi connectivity index (χ0) is 14.6. The van der Waals surface area contributed by atoms with E-state index in [2.05, 4.69) is 29.8 Å². The van der Waals surface area contributed by atoms with Crippen molar-refractivity contribution >= 4 is 5.91 Å². The summed E-state index contributed by atoms with van der Waals surface area (Å²) in [5.41, 5.74) is 1.17. The molecule has 4 heteroatoms. The van der Waals surface area contributed by atoms with Crippen molar-refractivity contribution in [1.29, 1.82) is 0 Å². The van der Waals surface area contributed by atoms with Crippen LogP contribution in [0.1, 0.15) is 33.1 Å². The molecule has 0 aromatic carbocycles. The molecule has 1 amide bonds. The monoisotopic (exact) mass is 278 g/mol. The number of nitrogens with zero attached hydrogens (tertiary/aromatic N) is 1. The Bertz CT molecular complexity index is 395. The smallest absolute Gasteiger partial charge is 0.248 e. The average Bonchev–Trinajstić information content (AvgIpc) is 2.47. The van der Waals surface area contributed by atoms with Crippen molar-refractivity contribution in [2.45, 2.75) is 44.8 Å². The third-order valence-electron chi connectivity index (χ3n) is 4.50. The molecule has 1 atom stereocenters. The molecule has 4 nitrogen and oxygen atoms in total. The molecule has 1 spiro atoms. The first-order valence-corrected chi connectivity index (χ1v) is 7.54. The number of carbonyl (C=O) groups excluding carboxylic acids is 1. The van der Waals surface area contributed by atoms with Crippen LogP contribution in [0.2, 0.25) is 0 Å². The van der Waals surface area contributed by atoms with E-state index >= 15 is 0 Å². The highest BCUT2D eigenvalue weighted by Gasteiger charge is 2.41. The van der Waals surface area contributed by atoms with Gasteiger partial charge in [0.25, 0.3) is 0 Å². The predicted octanol–water partition coefficient (Wildman–Crippen LogP) is 1.88. The van der Waals surface area contributed by atoms with Crippen LogP contribution in [-0.2, 0) is 9.53 Å². The van der Waals surface area contributed by atoms with Crippen molar-refractivity contribution in [1.82, 2.24) is 10.2 Å². The lowest BCUT2D eigenvalue weighted by Crippen LogP contribution is -2.60. The Morgan fingerprint density at radius 2 is 2.25 bits per heavy atom. The minimum absolute atomic E-state index is 0.0155. The summed E-state index contributed by atoms with van der Waals surface area (Å²) in [4.78, 5) is 13.9. The highest BCUT2D eigenvalue weighted by Crippen LogP contribution is 2.29. The maximum Gasteiger partial charge on any atom is 0.248 e. The van der Waals surface area contributed by atoms with Crippen molar-refractivity contribution in [3.63, 3.8) is 0 Å². The van der Waals surface area contributed by atoms with E-state index in [-0.39, 0.29) is 17.6 Å². The van der Waals surface area contributed by atoms with Gasteiger partial charge < -0.3 is 15.0 Å². The van der Waals surface area contributed by atoms with E-state index in [9.17, 15) is 4.79 Å². The number of rotatable bonds is 4.